The number of benzene rings is 2. The predicted octanol–water partition coefficient (Wildman–Crippen LogP) is 6.15. The number of rotatable bonds is 3. The molecule has 0 fully saturated rings. The summed E-state index contributed by atoms with van der Waals surface area (Å²) in [6.07, 6.45) is 6.79. The van der Waals surface area contributed by atoms with E-state index < -0.39 is 0 Å². The Labute approximate surface area is 201 Å². The molecule has 0 unspecified atom stereocenters. The number of fused-ring (bicyclic) bond motifs is 1. The fourth-order valence-electron chi connectivity index (χ4n) is 5.74. The Kier molecular flexibility index (Phi) is 5.10. The number of Topliss-reactive ketones (excluding diaryl/α,β-unsaturated/α-hetero) is 2. The van der Waals surface area contributed by atoms with Crippen LogP contribution >= 0.6 is 15.9 Å². The lowest BCUT2D eigenvalue weighted by Gasteiger charge is -2.37. The number of aromatic nitrogens is 1. The van der Waals surface area contributed by atoms with Crippen LogP contribution in [0.25, 0.3) is 10.9 Å². The van der Waals surface area contributed by atoms with Crippen molar-refractivity contribution in [3.8, 4) is 0 Å². The summed E-state index contributed by atoms with van der Waals surface area (Å²) in [4.78, 5) is 26.5. The van der Waals surface area contributed by atoms with E-state index in [1.165, 1.54) is 5.56 Å². The molecule has 2 heterocycles. The van der Waals surface area contributed by atoms with Gasteiger partial charge in [-0.3, -0.25) is 9.59 Å². The molecule has 2 aliphatic carbocycles. The van der Waals surface area contributed by atoms with Crippen LogP contribution in [0, 0.1) is 0 Å². The summed E-state index contributed by atoms with van der Waals surface area (Å²) in [6.45, 7) is 0.715. The molecule has 1 aromatic heterocycles. The second kappa shape index (κ2) is 8.14. The third-order valence-electron chi connectivity index (χ3n) is 7.22. The summed E-state index contributed by atoms with van der Waals surface area (Å²) in [5.74, 6) is 0.0878. The lowest BCUT2D eigenvalue weighted by atomic mass is 9.71. The van der Waals surface area contributed by atoms with Crippen molar-refractivity contribution >= 4 is 38.4 Å². The first-order valence-corrected chi connectivity index (χ1v) is 12.5. The Bertz CT molecular complexity index is 1340. The molecular weight excluding hydrogens is 476 g/mol. The molecule has 166 valence electrons. The van der Waals surface area contributed by atoms with Crippen LogP contribution in [0.1, 0.15) is 55.6 Å². The van der Waals surface area contributed by atoms with Gasteiger partial charge in [-0.1, -0.05) is 52.3 Å². The molecule has 1 aliphatic heterocycles. The van der Waals surface area contributed by atoms with Crippen LogP contribution in [0.4, 0.5) is 0 Å². The predicted molar refractivity (Wildman–Crippen MR) is 133 cm³/mol. The van der Waals surface area contributed by atoms with Crippen molar-refractivity contribution in [3.63, 3.8) is 0 Å². The first-order valence-electron chi connectivity index (χ1n) is 11.7. The van der Waals surface area contributed by atoms with Crippen molar-refractivity contribution in [1.82, 2.24) is 9.88 Å². The van der Waals surface area contributed by atoms with Gasteiger partial charge in [0, 0.05) is 69.4 Å². The van der Waals surface area contributed by atoms with Crippen LogP contribution in [0.5, 0.6) is 0 Å². The van der Waals surface area contributed by atoms with E-state index in [1.54, 1.807) is 0 Å². The van der Waals surface area contributed by atoms with Gasteiger partial charge in [-0.15, -0.1) is 0 Å². The molecule has 0 atom stereocenters. The maximum Gasteiger partial charge on any atom is 0.161 e. The zero-order valence-corrected chi connectivity index (χ0v) is 20.0. The molecule has 3 aromatic rings. The molecule has 3 aliphatic rings. The second-order valence-corrected chi connectivity index (χ2v) is 10.1. The van der Waals surface area contributed by atoms with E-state index in [1.807, 2.05) is 12.1 Å². The van der Waals surface area contributed by atoms with Crippen molar-refractivity contribution < 1.29 is 9.59 Å². The molecule has 0 bridgehead atoms. The number of halogens is 1. The highest BCUT2D eigenvalue weighted by atomic mass is 79.9. The van der Waals surface area contributed by atoms with Gasteiger partial charge < -0.3 is 9.88 Å². The quantitative estimate of drug-likeness (QED) is 0.468. The minimum absolute atomic E-state index is 0.182. The van der Waals surface area contributed by atoms with Crippen molar-refractivity contribution in [3.05, 3.63) is 92.9 Å². The van der Waals surface area contributed by atoms with Crippen LogP contribution in [0.15, 0.2) is 81.7 Å². The highest BCUT2D eigenvalue weighted by Crippen LogP contribution is 2.47. The van der Waals surface area contributed by atoms with Gasteiger partial charge in [-0.05, 0) is 48.9 Å². The summed E-state index contributed by atoms with van der Waals surface area (Å²) in [7, 11) is 0. The van der Waals surface area contributed by atoms with Gasteiger partial charge in [0.1, 0.15) is 0 Å². The Morgan fingerprint density at radius 1 is 0.848 bits per heavy atom. The van der Waals surface area contributed by atoms with E-state index in [0.29, 0.717) is 19.4 Å². The molecule has 0 spiro atoms. The molecule has 6 rings (SSSR count). The van der Waals surface area contributed by atoms with Crippen LogP contribution in [0.3, 0.4) is 0 Å². The number of nitrogens with one attached hydrogen (secondary N) is 1. The van der Waals surface area contributed by atoms with Crippen molar-refractivity contribution in [2.45, 2.75) is 51.0 Å². The smallest absolute Gasteiger partial charge is 0.161 e. The number of carbonyl (C=O) groups excluding carboxylic acids is 2. The fraction of sp³-hybridized carbons (Fsp3) is 0.286. The largest absolute Gasteiger partial charge is 0.362 e. The average Bonchev–Trinajstić information content (AvgIpc) is 3.18. The van der Waals surface area contributed by atoms with Crippen LogP contribution in [-0.4, -0.2) is 16.1 Å². The van der Waals surface area contributed by atoms with Gasteiger partial charge in [0.25, 0.3) is 0 Å². The number of para-hydroxylation sites is 1. The topological polar surface area (TPSA) is 51.1 Å². The molecule has 0 saturated heterocycles. The number of nitrogens with zero attached hydrogens (tertiary/aromatic N) is 1. The Morgan fingerprint density at radius 3 is 2.18 bits per heavy atom. The number of dihydropyridines is 1. The molecule has 0 amide bonds. The Balaban J connectivity index is 1.57. The lowest BCUT2D eigenvalue weighted by Crippen LogP contribution is -2.36. The van der Waals surface area contributed by atoms with E-state index in [0.717, 1.165) is 69.2 Å². The van der Waals surface area contributed by atoms with Gasteiger partial charge in [-0.2, -0.15) is 0 Å². The molecular formula is C28H25BrN2O2. The summed E-state index contributed by atoms with van der Waals surface area (Å²) >= 11 is 3.68. The van der Waals surface area contributed by atoms with Gasteiger partial charge in [0.2, 0.25) is 0 Å². The molecule has 0 radical (unpaired) electrons. The zero-order chi connectivity index (χ0) is 22.5. The molecule has 2 aromatic carbocycles. The van der Waals surface area contributed by atoms with Crippen LogP contribution in [0.2, 0.25) is 0 Å². The Morgan fingerprint density at radius 2 is 1.48 bits per heavy atom. The van der Waals surface area contributed by atoms with Gasteiger partial charge in [0.15, 0.2) is 11.6 Å². The first kappa shape index (κ1) is 20.7. The van der Waals surface area contributed by atoms with Crippen molar-refractivity contribution in [2.75, 3.05) is 0 Å². The van der Waals surface area contributed by atoms with Crippen LogP contribution in [-0.2, 0) is 16.1 Å². The maximum absolute atomic E-state index is 13.2. The number of ketones is 2. The fourth-order valence-corrected chi connectivity index (χ4v) is 6.15. The monoisotopic (exact) mass is 500 g/mol. The third-order valence-corrected chi connectivity index (χ3v) is 7.99. The SMILES string of the molecule is O=C1CCCC2=C1C(c1cn(Cc3ccccc3Br)c3ccccc13)C1=C(CCCC1=O)N2. The molecule has 4 nitrogen and oxygen atoms in total. The van der Waals surface area contributed by atoms with E-state index in [4.69, 9.17) is 0 Å². The lowest BCUT2D eigenvalue weighted by molar-refractivity contribution is -0.116. The standard InChI is InChI=1S/C28H25BrN2O2/c29-20-9-3-1-7-17(20)15-31-16-19(18-8-2-4-12-23(18)31)26-27-21(10-5-13-24(27)32)30-22-11-6-14-25(33)28(22)26/h1-4,7-9,12,16,26,30H,5-6,10-11,13-15H2. The summed E-state index contributed by atoms with van der Waals surface area (Å²) in [5, 5.41) is 4.64. The van der Waals surface area contributed by atoms with E-state index in [2.05, 4.69) is 68.4 Å². The minimum atomic E-state index is -0.276. The van der Waals surface area contributed by atoms with Crippen molar-refractivity contribution in [2.24, 2.45) is 0 Å². The molecule has 0 saturated carbocycles. The first-order chi connectivity index (χ1) is 16.1. The molecule has 5 heteroatoms. The second-order valence-electron chi connectivity index (χ2n) is 9.22. The number of hydrogen-bond acceptors (Lipinski definition) is 3. The van der Waals surface area contributed by atoms with Gasteiger partial charge >= 0.3 is 0 Å². The minimum Gasteiger partial charge on any atom is -0.362 e. The van der Waals surface area contributed by atoms with E-state index in [9.17, 15) is 9.59 Å². The summed E-state index contributed by atoms with van der Waals surface area (Å²) < 4.78 is 3.33. The van der Waals surface area contributed by atoms with Crippen LogP contribution < -0.4 is 5.32 Å². The normalized spacial score (nSPS) is 19.1. The zero-order valence-electron chi connectivity index (χ0n) is 18.4. The van der Waals surface area contributed by atoms with Gasteiger partial charge in [-0.25, -0.2) is 0 Å². The highest BCUT2D eigenvalue weighted by Gasteiger charge is 2.41. The summed E-state index contributed by atoms with van der Waals surface area (Å²) in [5.41, 5.74) is 7.09. The van der Waals surface area contributed by atoms with E-state index >= 15 is 0 Å². The Hall–Kier alpha value is -2.92. The number of hydrogen-bond donors (Lipinski definition) is 1. The summed E-state index contributed by atoms with van der Waals surface area (Å²) in [6, 6.07) is 16.6. The third kappa shape index (κ3) is 3.41. The van der Waals surface area contributed by atoms with Gasteiger partial charge in [0.05, 0.1) is 0 Å². The molecule has 33 heavy (non-hydrogen) atoms. The average molecular weight is 501 g/mol. The maximum atomic E-state index is 13.2. The van der Waals surface area contributed by atoms with E-state index in [-0.39, 0.29) is 17.5 Å². The molecule has 1 N–H and O–H groups in total. The number of allylic oxidation sites excluding steroid dienone is 4. The highest BCUT2D eigenvalue weighted by molar-refractivity contribution is 9.10. The van der Waals surface area contributed by atoms with Crippen molar-refractivity contribution in [1.29, 1.82) is 0 Å². The number of carbonyl (C=O) groups is 2.